The first-order chi connectivity index (χ1) is 5.29. The second kappa shape index (κ2) is 2.29. The van der Waals surface area contributed by atoms with Gasteiger partial charge < -0.3 is 0 Å². The highest BCUT2D eigenvalue weighted by molar-refractivity contribution is 14.1. The predicted octanol–water partition coefficient (Wildman–Crippen LogP) is 0.0222. The van der Waals surface area contributed by atoms with Crippen LogP contribution in [0.5, 0.6) is 0 Å². The molecule has 2 heterocycles. The zero-order valence-corrected chi connectivity index (χ0v) is 7.44. The van der Waals surface area contributed by atoms with Crippen molar-refractivity contribution in [1.29, 1.82) is 0 Å². The molecule has 0 aliphatic rings. The molecule has 0 spiro atoms. The predicted molar refractivity (Wildman–Crippen MR) is 46.3 cm³/mol. The monoisotopic (exact) mass is 262 g/mol. The smallest absolute Gasteiger partial charge is 0.258 e. The normalized spacial score (nSPS) is 10.6. The largest absolute Gasteiger partial charge is 0.348 e. The molecule has 0 unspecified atom stereocenters. The lowest BCUT2D eigenvalue weighted by molar-refractivity contribution is 0.997. The van der Waals surface area contributed by atoms with Crippen LogP contribution in [0.25, 0.3) is 5.65 Å². The van der Waals surface area contributed by atoms with Crippen LogP contribution >= 0.6 is 22.6 Å². The third-order valence-electron chi connectivity index (χ3n) is 1.28. The van der Waals surface area contributed by atoms with Gasteiger partial charge in [0, 0.05) is 0 Å². The van der Waals surface area contributed by atoms with Crippen molar-refractivity contribution in [2.24, 2.45) is 0 Å². The second-order valence-corrected chi connectivity index (χ2v) is 3.06. The molecule has 0 aliphatic heterocycles. The maximum absolute atomic E-state index is 11.0. The Hall–Kier alpha value is -0.920. The summed E-state index contributed by atoms with van der Waals surface area (Å²) in [5.74, 6) is 0. The van der Waals surface area contributed by atoms with Crippen molar-refractivity contribution in [3.05, 3.63) is 26.6 Å². The standard InChI is InChI=1S/C5H3IN4O/c6-3-1-7-2-4-8-9-5(11)10(3)4/h1-2H,(H,9,11). The van der Waals surface area contributed by atoms with E-state index < -0.39 is 0 Å². The molecule has 0 bridgehead atoms. The summed E-state index contributed by atoms with van der Waals surface area (Å²) in [7, 11) is 0. The van der Waals surface area contributed by atoms with E-state index in [9.17, 15) is 4.79 Å². The molecule has 0 radical (unpaired) electrons. The summed E-state index contributed by atoms with van der Waals surface area (Å²) >= 11 is 2.02. The maximum atomic E-state index is 11.0. The topological polar surface area (TPSA) is 63.0 Å². The molecule has 0 aromatic carbocycles. The van der Waals surface area contributed by atoms with Crippen molar-refractivity contribution < 1.29 is 0 Å². The van der Waals surface area contributed by atoms with Gasteiger partial charge in [0.1, 0.15) is 3.70 Å². The van der Waals surface area contributed by atoms with Crippen LogP contribution in [0.15, 0.2) is 17.2 Å². The first-order valence-corrected chi connectivity index (χ1v) is 3.93. The summed E-state index contributed by atoms with van der Waals surface area (Å²) < 4.78 is 2.20. The van der Waals surface area contributed by atoms with Gasteiger partial charge in [0.2, 0.25) is 0 Å². The number of rotatable bonds is 0. The molecule has 6 heteroatoms. The van der Waals surface area contributed by atoms with Crippen molar-refractivity contribution >= 4 is 28.2 Å². The van der Waals surface area contributed by atoms with Gasteiger partial charge in [-0.1, -0.05) is 0 Å². The number of fused-ring (bicyclic) bond motifs is 1. The van der Waals surface area contributed by atoms with Crippen LogP contribution in [0.2, 0.25) is 0 Å². The molecule has 11 heavy (non-hydrogen) atoms. The van der Waals surface area contributed by atoms with Gasteiger partial charge in [-0.25, -0.2) is 14.3 Å². The van der Waals surface area contributed by atoms with E-state index in [-0.39, 0.29) is 5.69 Å². The Kier molecular flexibility index (Phi) is 1.41. The van der Waals surface area contributed by atoms with Gasteiger partial charge in [0.25, 0.3) is 0 Å². The number of hydrogen-bond acceptors (Lipinski definition) is 3. The lowest BCUT2D eigenvalue weighted by Crippen LogP contribution is -2.11. The molecule has 2 aromatic heterocycles. The van der Waals surface area contributed by atoms with Crippen molar-refractivity contribution in [3.8, 4) is 0 Å². The average molecular weight is 262 g/mol. The van der Waals surface area contributed by atoms with Gasteiger partial charge in [0.05, 0.1) is 12.4 Å². The Balaban J connectivity index is 3.08. The first kappa shape index (κ1) is 6.77. The van der Waals surface area contributed by atoms with E-state index >= 15 is 0 Å². The third kappa shape index (κ3) is 0.934. The molecule has 1 N–H and O–H groups in total. The fraction of sp³-hybridized carbons (Fsp3) is 0. The van der Waals surface area contributed by atoms with Gasteiger partial charge >= 0.3 is 5.69 Å². The Morgan fingerprint density at radius 3 is 3.09 bits per heavy atom. The number of aromatic amines is 1. The molecule has 2 rings (SSSR count). The zero-order valence-electron chi connectivity index (χ0n) is 5.28. The van der Waals surface area contributed by atoms with Crippen LogP contribution in [0.1, 0.15) is 0 Å². The number of nitrogens with one attached hydrogen (secondary N) is 1. The minimum absolute atomic E-state index is 0.230. The fourth-order valence-corrected chi connectivity index (χ4v) is 1.45. The quantitative estimate of drug-likeness (QED) is 0.681. The summed E-state index contributed by atoms with van der Waals surface area (Å²) in [6.07, 6.45) is 3.13. The van der Waals surface area contributed by atoms with E-state index in [1.54, 1.807) is 6.20 Å². The molecule has 0 saturated carbocycles. The molecular formula is C5H3IN4O. The van der Waals surface area contributed by atoms with E-state index in [2.05, 4.69) is 15.2 Å². The fourth-order valence-electron chi connectivity index (χ4n) is 0.825. The number of nitrogens with zero attached hydrogens (tertiary/aromatic N) is 3. The zero-order chi connectivity index (χ0) is 7.84. The van der Waals surface area contributed by atoms with E-state index in [1.165, 1.54) is 10.6 Å². The summed E-state index contributed by atoms with van der Waals surface area (Å²) in [6.45, 7) is 0. The molecule has 0 aliphatic carbocycles. The van der Waals surface area contributed by atoms with Gasteiger partial charge in [-0.2, -0.15) is 5.10 Å². The Morgan fingerprint density at radius 2 is 2.36 bits per heavy atom. The highest BCUT2D eigenvalue weighted by Crippen LogP contribution is 2.00. The number of aromatic nitrogens is 4. The van der Waals surface area contributed by atoms with Crippen molar-refractivity contribution in [3.63, 3.8) is 0 Å². The molecule has 0 fully saturated rings. The average Bonchev–Trinajstić information content (AvgIpc) is 2.34. The Labute approximate surface area is 74.6 Å². The van der Waals surface area contributed by atoms with Crippen molar-refractivity contribution in [1.82, 2.24) is 19.6 Å². The molecular weight excluding hydrogens is 259 g/mol. The lowest BCUT2D eigenvalue weighted by Gasteiger charge is -1.90. The van der Waals surface area contributed by atoms with Crippen molar-refractivity contribution in [2.75, 3.05) is 0 Å². The van der Waals surface area contributed by atoms with Crippen LogP contribution in [-0.2, 0) is 0 Å². The molecule has 56 valence electrons. The third-order valence-corrected chi connectivity index (χ3v) is 2.04. The van der Waals surface area contributed by atoms with Crippen LogP contribution in [0.4, 0.5) is 0 Å². The lowest BCUT2D eigenvalue weighted by atomic mass is 10.7. The van der Waals surface area contributed by atoms with E-state index in [4.69, 9.17) is 0 Å². The highest BCUT2D eigenvalue weighted by Gasteiger charge is 2.01. The Bertz CT molecular complexity index is 445. The van der Waals surface area contributed by atoms with Gasteiger partial charge in [-0.3, -0.25) is 4.98 Å². The molecule has 0 amide bonds. The first-order valence-electron chi connectivity index (χ1n) is 2.85. The SMILES string of the molecule is O=c1[nH]nc2cncc(I)n12. The van der Waals surface area contributed by atoms with E-state index in [0.717, 1.165) is 3.70 Å². The van der Waals surface area contributed by atoms with Gasteiger partial charge in [-0.05, 0) is 22.6 Å². The molecule has 0 saturated heterocycles. The number of H-pyrrole nitrogens is 1. The molecule has 5 nitrogen and oxygen atoms in total. The minimum Gasteiger partial charge on any atom is -0.258 e. The summed E-state index contributed by atoms with van der Waals surface area (Å²) in [4.78, 5) is 14.9. The molecule has 2 aromatic rings. The van der Waals surface area contributed by atoms with E-state index in [1.807, 2.05) is 22.6 Å². The van der Waals surface area contributed by atoms with Gasteiger partial charge in [0.15, 0.2) is 5.65 Å². The molecule has 0 atom stereocenters. The second-order valence-electron chi connectivity index (χ2n) is 1.95. The van der Waals surface area contributed by atoms with Crippen LogP contribution < -0.4 is 5.69 Å². The highest BCUT2D eigenvalue weighted by atomic mass is 127. The summed E-state index contributed by atoms with van der Waals surface area (Å²) in [5, 5.41) is 6.07. The van der Waals surface area contributed by atoms with Gasteiger partial charge in [-0.15, -0.1) is 0 Å². The minimum atomic E-state index is -0.230. The van der Waals surface area contributed by atoms with Crippen LogP contribution in [0, 0.1) is 3.70 Å². The van der Waals surface area contributed by atoms with Crippen molar-refractivity contribution in [2.45, 2.75) is 0 Å². The summed E-state index contributed by atoms with van der Waals surface area (Å²) in [6, 6.07) is 0. The van der Waals surface area contributed by atoms with Crippen LogP contribution in [0.3, 0.4) is 0 Å². The number of hydrogen-bond donors (Lipinski definition) is 1. The summed E-state index contributed by atoms with van der Waals surface area (Å²) in [5.41, 5.74) is 0.314. The Morgan fingerprint density at radius 1 is 1.55 bits per heavy atom. The van der Waals surface area contributed by atoms with Crippen LogP contribution in [-0.4, -0.2) is 19.6 Å². The number of halogens is 1. The van der Waals surface area contributed by atoms with E-state index in [0.29, 0.717) is 5.65 Å². The maximum Gasteiger partial charge on any atom is 0.348 e.